The highest BCUT2D eigenvalue weighted by atomic mass is 16.5. The molecule has 5 heteroatoms. The Bertz CT molecular complexity index is 284. The number of carboxylic acids is 1. The largest absolute Gasteiger partial charge is 0.481 e. The molecule has 0 aromatic heterocycles. The minimum absolute atomic E-state index is 0.217. The van der Waals surface area contributed by atoms with Crippen LogP contribution in [0.2, 0.25) is 0 Å². The lowest BCUT2D eigenvalue weighted by molar-refractivity contribution is -0.158. The normalized spacial score (nSPS) is 16.0. The van der Waals surface area contributed by atoms with Gasteiger partial charge in [0.25, 0.3) is 0 Å². The van der Waals surface area contributed by atoms with E-state index < -0.39 is 29.7 Å². The molecule has 0 bridgehead atoms. The van der Waals surface area contributed by atoms with Gasteiger partial charge in [0.1, 0.15) is 5.78 Å². The second kappa shape index (κ2) is 6.25. The van der Waals surface area contributed by atoms with Gasteiger partial charge in [-0.05, 0) is 13.3 Å². The summed E-state index contributed by atoms with van der Waals surface area (Å²) in [5, 5.41) is 9.08. The van der Waals surface area contributed by atoms with Gasteiger partial charge in [-0.25, -0.2) is 0 Å². The molecular formula is C11H18O5. The van der Waals surface area contributed by atoms with Crippen molar-refractivity contribution in [3.05, 3.63) is 0 Å². The zero-order chi connectivity index (χ0) is 12.9. The monoisotopic (exact) mass is 230 g/mol. The molecule has 0 saturated carbocycles. The summed E-state index contributed by atoms with van der Waals surface area (Å²) in [6, 6.07) is 0. The zero-order valence-electron chi connectivity index (χ0n) is 10.0. The molecule has 5 nitrogen and oxygen atoms in total. The summed E-state index contributed by atoms with van der Waals surface area (Å²) in [5.41, 5.74) is 0. The summed E-state index contributed by atoms with van der Waals surface area (Å²) in [5.74, 6) is -4.45. The smallest absolute Gasteiger partial charge is 0.309 e. The molecule has 3 atom stereocenters. The van der Waals surface area contributed by atoms with E-state index in [4.69, 9.17) is 5.11 Å². The highest BCUT2D eigenvalue weighted by molar-refractivity contribution is 5.88. The molecule has 1 N–H and O–H groups in total. The van der Waals surface area contributed by atoms with Crippen molar-refractivity contribution in [2.24, 2.45) is 17.8 Å². The van der Waals surface area contributed by atoms with Gasteiger partial charge in [-0.1, -0.05) is 13.8 Å². The Kier molecular flexibility index (Phi) is 5.71. The van der Waals surface area contributed by atoms with Crippen LogP contribution in [0.4, 0.5) is 0 Å². The number of Topliss-reactive ketones (excluding diaryl/α,β-unsaturated/α-hetero) is 1. The first-order chi connectivity index (χ1) is 7.36. The molecule has 0 aliphatic carbocycles. The van der Waals surface area contributed by atoms with Gasteiger partial charge in [0.2, 0.25) is 0 Å². The minimum atomic E-state index is -1.14. The standard InChI is InChI=1S/C11H18O5/c1-5-8(7(3)12)9(10(13)14)6(2)11(15)16-4/h6,8-9H,5H2,1-4H3,(H,13,14). The van der Waals surface area contributed by atoms with E-state index in [9.17, 15) is 14.4 Å². The third kappa shape index (κ3) is 3.32. The molecule has 0 aromatic rings. The predicted molar refractivity (Wildman–Crippen MR) is 56.8 cm³/mol. The number of hydrogen-bond donors (Lipinski definition) is 1. The van der Waals surface area contributed by atoms with E-state index in [1.165, 1.54) is 21.0 Å². The van der Waals surface area contributed by atoms with E-state index in [1.807, 2.05) is 0 Å². The van der Waals surface area contributed by atoms with Crippen molar-refractivity contribution in [1.29, 1.82) is 0 Å². The van der Waals surface area contributed by atoms with Crippen molar-refractivity contribution in [1.82, 2.24) is 0 Å². The van der Waals surface area contributed by atoms with Crippen LogP contribution in [-0.2, 0) is 19.1 Å². The van der Waals surface area contributed by atoms with Crippen LogP contribution in [-0.4, -0.2) is 29.9 Å². The first-order valence-corrected chi connectivity index (χ1v) is 5.17. The van der Waals surface area contributed by atoms with Gasteiger partial charge in [0, 0.05) is 5.92 Å². The number of hydrogen-bond acceptors (Lipinski definition) is 4. The summed E-state index contributed by atoms with van der Waals surface area (Å²) in [4.78, 5) is 33.7. The summed E-state index contributed by atoms with van der Waals surface area (Å²) >= 11 is 0. The van der Waals surface area contributed by atoms with Crippen LogP contribution in [0.15, 0.2) is 0 Å². The third-order valence-corrected chi connectivity index (χ3v) is 2.79. The van der Waals surface area contributed by atoms with Crippen LogP contribution in [0.25, 0.3) is 0 Å². The van der Waals surface area contributed by atoms with Gasteiger partial charge in [-0.3, -0.25) is 14.4 Å². The Labute approximate surface area is 94.8 Å². The van der Waals surface area contributed by atoms with Gasteiger partial charge in [-0.15, -0.1) is 0 Å². The van der Waals surface area contributed by atoms with Crippen LogP contribution < -0.4 is 0 Å². The molecule has 16 heavy (non-hydrogen) atoms. The van der Waals surface area contributed by atoms with Crippen molar-refractivity contribution in [3.63, 3.8) is 0 Å². The molecule has 0 aliphatic rings. The lowest BCUT2D eigenvalue weighted by Crippen LogP contribution is -2.37. The fourth-order valence-corrected chi connectivity index (χ4v) is 1.86. The summed E-state index contributed by atoms with van der Waals surface area (Å²) in [7, 11) is 1.20. The number of carboxylic acid groups (broad SMARTS) is 1. The molecule has 0 amide bonds. The Hall–Kier alpha value is -1.39. The van der Waals surface area contributed by atoms with Crippen LogP contribution >= 0.6 is 0 Å². The van der Waals surface area contributed by atoms with Crippen molar-refractivity contribution in [2.45, 2.75) is 27.2 Å². The third-order valence-electron chi connectivity index (χ3n) is 2.79. The number of ketones is 1. The van der Waals surface area contributed by atoms with Crippen LogP contribution in [0, 0.1) is 17.8 Å². The summed E-state index contributed by atoms with van der Waals surface area (Å²) in [6.45, 7) is 4.54. The molecule has 0 aromatic carbocycles. The second-order valence-electron chi connectivity index (χ2n) is 3.80. The molecule has 3 unspecified atom stereocenters. The molecule has 92 valence electrons. The first-order valence-electron chi connectivity index (χ1n) is 5.17. The molecule has 0 radical (unpaired) electrons. The van der Waals surface area contributed by atoms with Crippen LogP contribution in [0.3, 0.4) is 0 Å². The highest BCUT2D eigenvalue weighted by Gasteiger charge is 2.38. The second-order valence-corrected chi connectivity index (χ2v) is 3.80. The van der Waals surface area contributed by atoms with Gasteiger partial charge in [0.05, 0.1) is 18.9 Å². The fourth-order valence-electron chi connectivity index (χ4n) is 1.86. The Morgan fingerprint density at radius 3 is 2.06 bits per heavy atom. The van der Waals surface area contributed by atoms with Gasteiger partial charge in [0.15, 0.2) is 0 Å². The highest BCUT2D eigenvalue weighted by Crippen LogP contribution is 2.26. The summed E-state index contributed by atoms with van der Waals surface area (Å²) in [6.07, 6.45) is 0.396. The van der Waals surface area contributed by atoms with Gasteiger partial charge >= 0.3 is 11.9 Å². The van der Waals surface area contributed by atoms with E-state index in [1.54, 1.807) is 6.92 Å². The summed E-state index contributed by atoms with van der Waals surface area (Å²) < 4.78 is 4.50. The van der Waals surface area contributed by atoms with Gasteiger partial charge in [-0.2, -0.15) is 0 Å². The predicted octanol–water partition coefficient (Wildman–Crippen LogP) is 1.11. The first kappa shape index (κ1) is 14.6. The molecule has 0 aliphatic heterocycles. The Morgan fingerprint density at radius 2 is 1.81 bits per heavy atom. The molecule has 0 saturated heterocycles. The quantitative estimate of drug-likeness (QED) is 0.691. The van der Waals surface area contributed by atoms with Gasteiger partial charge < -0.3 is 9.84 Å². The van der Waals surface area contributed by atoms with E-state index in [0.717, 1.165) is 0 Å². The number of aliphatic carboxylic acids is 1. The number of methoxy groups -OCH3 is 1. The molecular weight excluding hydrogens is 212 g/mol. The van der Waals surface area contributed by atoms with E-state index in [0.29, 0.717) is 6.42 Å². The zero-order valence-corrected chi connectivity index (χ0v) is 10.0. The topological polar surface area (TPSA) is 80.7 Å². The van der Waals surface area contributed by atoms with Crippen molar-refractivity contribution in [2.75, 3.05) is 7.11 Å². The van der Waals surface area contributed by atoms with Crippen LogP contribution in [0.1, 0.15) is 27.2 Å². The average molecular weight is 230 g/mol. The molecule has 0 fully saturated rings. The maximum absolute atomic E-state index is 11.3. The fraction of sp³-hybridized carbons (Fsp3) is 0.727. The Morgan fingerprint density at radius 1 is 1.31 bits per heavy atom. The SMILES string of the molecule is CCC(C(C)=O)C(C(=O)O)C(C)C(=O)OC. The lowest BCUT2D eigenvalue weighted by atomic mass is 9.79. The molecule has 0 rings (SSSR count). The van der Waals surface area contributed by atoms with Crippen LogP contribution in [0.5, 0.6) is 0 Å². The number of carbonyl (C=O) groups is 3. The van der Waals surface area contributed by atoms with Crippen molar-refractivity contribution < 1.29 is 24.2 Å². The number of esters is 1. The number of carbonyl (C=O) groups excluding carboxylic acids is 2. The molecule has 0 spiro atoms. The maximum Gasteiger partial charge on any atom is 0.309 e. The van der Waals surface area contributed by atoms with Crippen molar-refractivity contribution in [3.8, 4) is 0 Å². The average Bonchev–Trinajstić information content (AvgIpc) is 2.22. The maximum atomic E-state index is 11.3. The molecule has 0 heterocycles. The van der Waals surface area contributed by atoms with E-state index in [2.05, 4.69) is 4.74 Å². The number of rotatable bonds is 6. The number of ether oxygens (including phenoxy) is 1. The Balaban J connectivity index is 5.06. The van der Waals surface area contributed by atoms with Crippen molar-refractivity contribution >= 4 is 17.7 Å². The lowest BCUT2D eigenvalue weighted by Gasteiger charge is -2.24. The van der Waals surface area contributed by atoms with E-state index in [-0.39, 0.29) is 5.78 Å². The van der Waals surface area contributed by atoms with E-state index >= 15 is 0 Å². The minimum Gasteiger partial charge on any atom is -0.481 e.